The molecule has 0 aliphatic carbocycles. The van der Waals surface area contributed by atoms with Crippen LogP contribution in [0, 0.1) is 0 Å². The van der Waals surface area contributed by atoms with Crippen molar-refractivity contribution >= 4 is 18.5 Å². The van der Waals surface area contributed by atoms with Crippen LogP contribution in [0.5, 0.6) is 0 Å². The minimum absolute atomic E-state index is 0. The number of amides is 1. The first-order valence-electron chi connectivity index (χ1n) is 6.24. The molecule has 1 aliphatic heterocycles. The molecule has 1 amide bonds. The van der Waals surface area contributed by atoms with Gasteiger partial charge in [-0.25, -0.2) is 10.2 Å². The fourth-order valence-electron chi connectivity index (χ4n) is 2.13. The van der Waals surface area contributed by atoms with E-state index >= 15 is 0 Å². The Hall–Kier alpha value is -1.30. The van der Waals surface area contributed by atoms with Crippen LogP contribution < -0.4 is 11.3 Å². The van der Waals surface area contributed by atoms with Crippen molar-refractivity contribution in [1.29, 1.82) is 0 Å². The van der Waals surface area contributed by atoms with E-state index in [1.54, 1.807) is 4.90 Å². The molecule has 19 heavy (non-hydrogen) atoms. The Balaban J connectivity index is 0.00000180. The number of nitrogens with zero attached hydrogens (tertiary/aromatic N) is 1. The van der Waals surface area contributed by atoms with E-state index in [9.17, 15) is 4.79 Å². The van der Waals surface area contributed by atoms with Crippen LogP contribution in [0.3, 0.4) is 0 Å². The van der Waals surface area contributed by atoms with Crippen molar-refractivity contribution in [3.8, 4) is 0 Å². The highest BCUT2D eigenvalue weighted by molar-refractivity contribution is 5.85. The first-order valence-corrected chi connectivity index (χ1v) is 6.24. The molecular weight excluding hydrogens is 266 g/mol. The Morgan fingerprint density at radius 2 is 2.11 bits per heavy atom. The van der Waals surface area contributed by atoms with Crippen LogP contribution in [-0.2, 0) is 11.3 Å². The van der Waals surface area contributed by atoms with E-state index in [1.807, 2.05) is 30.3 Å². The minimum Gasteiger partial charge on any atom is -0.445 e. The highest BCUT2D eigenvalue weighted by atomic mass is 35.5. The van der Waals surface area contributed by atoms with Crippen LogP contribution in [0.4, 0.5) is 4.79 Å². The number of benzene rings is 1. The predicted octanol–water partition coefficient (Wildman–Crippen LogP) is 2.02. The number of likely N-dealkylation sites (tertiary alicyclic amines) is 1. The van der Waals surface area contributed by atoms with Crippen molar-refractivity contribution in [2.45, 2.75) is 32.0 Å². The fourth-order valence-corrected chi connectivity index (χ4v) is 2.13. The first-order chi connectivity index (χ1) is 8.81. The van der Waals surface area contributed by atoms with Crippen molar-refractivity contribution in [1.82, 2.24) is 10.3 Å². The number of rotatable bonds is 3. The lowest BCUT2D eigenvalue weighted by Gasteiger charge is -2.34. The molecule has 1 aromatic carbocycles. The molecule has 0 spiro atoms. The van der Waals surface area contributed by atoms with Gasteiger partial charge in [-0.05, 0) is 24.8 Å². The molecule has 2 rings (SSSR count). The molecule has 3 N–H and O–H groups in total. The minimum atomic E-state index is -0.304. The van der Waals surface area contributed by atoms with E-state index in [4.69, 9.17) is 10.6 Å². The fraction of sp³-hybridized carbons (Fsp3) is 0.462. The zero-order valence-electron chi connectivity index (χ0n) is 10.7. The second-order valence-electron chi connectivity index (χ2n) is 4.41. The van der Waals surface area contributed by atoms with Gasteiger partial charge < -0.3 is 4.74 Å². The molecule has 1 heterocycles. The van der Waals surface area contributed by atoms with Gasteiger partial charge in [0.2, 0.25) is 0 Å². The van der Waals surface area contributed by atoms with Gasteiger partial charge in [-0.15, -0.1) is 12.4 Å². The number of hydrogen-bond donors (Lipinski definition) is 2. The van der Waals surface area contributed by atoms with Gasteiger partial charge in [-0.2, -0.15) is 0 Å². The Morgan fingerprint density at radius 3 is 2.79 bits per heavy atom. The molecule has 5 nitrogen and oxygen atoms in total. The standard InChI is InChI=1S/C13H19N3O2.ClH/c14-15-12-8-4-5-9-16(12)13(17)18-10-11-6-2-1-3-7-11;/h1-3,6-7,12,15H,4-5,8-10,14H2;1H. The van der Waals surface area contributed by atoms with Gasteiger partial charge in [-0.3, -0.25) is 10.7 Å². The third-order valence-corrected chi connectivity index (χ3v) is 3.13. The van der Waals surface area contributed by atoms with Crippen molar-refractivity contribution in [3.63, 3.8) is 0 Å². The molecule has 106 valence electrons. The van der Waals surface area contributed by atoms with Gasteiger partial charge in [0.05, 0.1) is 6.17 Å². The lowest BCUT2D eigenvalue weighted by Crippen LogP contribution is -2.53. The summed E-state index contributed by atoms with van der Waals surface area (Å²) in [6.45, 7) is 0.996. The predicted molar refractivity (Wildman–Crippen MR) is 75.5 cm³/mol. The van der Waals surface area contributed by atoms with Crippen molar-refractivity contribution < 1.29 is 9.53 Å². The highest BCUT2D eigenvalue weighted by Gasteiger charge is 2.26. The molecule has 0 radical (unpaired) electrons. The first kappa shape index (κ1) is 15.8. The number of piperidine rings is 1. The number of hydrazine groups is 1. The molecule has 1 fully saturated rings. The Kier molecular flexibility index (Phi) is 6.62. The van der Waals surface area contributed by atoms with Gasteiger partial charge in [0.1, 0.15) is 6.61 Å². The van der Waals surface area contributed by atoms with Crippen LogP contribution >= 0.6 is 12.4 Å². The van der Waals surface area contributed by atoms with Gasteiger partial charge in [0.25, 0.3) is 0 Å². The summed E-state index contributed by atoms with van der Waals surface area (Å²) in [6, 6.07) is 9.65. The molecule has 1 aromatic rings. The van der Waals surface area contributed by atoms with Crippen molar-refractivity contribution in [2.24, 2.45) is 5.84 Å². The maximum atomic E-state index is 11.9. The maximum absolute atomic E-state index is 11.9. The van der Waals surface area contributed by atoms with Crippen LogP contribution in [-0.4, -0.2) is 23.7 Å². The van der Waals surface area contributed by atoms with Crippen LogP contribution in [0.2, 0.25) is 0 Å². The Morgan fingerprint density at radius 1 is 1.37 bits per heavy atom. The van der Waals surface area contributed by atoms with Crippen LogP contribution in [0.25, 0.3) is 0 Å². The molecule has 1 unspecified atom stereocenters. The number of halogens is 1. The van der Waals surface area contributed by atoms with E-state index in [2.05, 4.69) is 5.43 Å². The molecule has 6 heteroatoms. The van der Waals surface area contributed by atoms with E-state index in [0.29, 0.717) is 13.2 Å². The number of hydrogen-bond acceptors (Lipinski definition) is 4. The monoisotopic (exact) mass is 285 g/mol. The van der Waals surface area contributed by atoms with Crippen molar-refractivity contribution in [3.05, 3.63) is 35.9 Å². The average molecular weight is 286 g/mol. The summed E-state index contributed by atoms with van der Waals surface area (Å²) < 4.78 is 5.29. The topological polar surface area (TPSA) is 67.6 Å². The average Bonchev–Trinajstić information content (AvgIpc) is 2.45. The quantitative estimate of drug-likeness (QED) is 0.659. The lowest BCUT2D eigenvalue weighted by atomic mass is 10.1. The highest BCUT2D eigenvalue weighted by Crippen LogP contribution is 2.16. The van der Waals surface area contributed by atoms with E-state index in [1.165, 1.54) is 0 Å². The van der Waals surface area contributed by atoms with Gasteiger partial charge in [0.15, 0.2) is 0 Å². The van der Waals surface area contributed by atoms with E-state index < -0.39 is 0 Å². The summed E-state index contributed by atoms with van der Waals surface area (Å²) in [5.41, 5.74) is 3.64. The van der Waals surface area contributed by atoms with E-state index in [-0.39, 0.29) is 24.7 Å². The van der Waals surface area contributed by atoms with Crippen molar-refractivity contribution in [2.75, 3.05) is 6.54 Å². The smallest absolute Gasteiger partial charge is 0.411 e. The zero-order valence-corrected chi connectivity index (χ0v) is 11.6. The molecular formula is C13H20ClN3O2. The zero-order chi connectivity index (χ0) is 12.8. The SMILES string of the molecule is Cl.NNC1CCCCN1C(=O)OCc1ccccc1. The maximum Gasteiger partial charge on any atom is 0.411 e. The lowest BCUT2D eigenvalue weighted by molar-refractivity contribution is 0.0594. The van der Waals surface area contributed by atoms with Gasteiger partial charge >= 0.3 is 6.09 Å². The van der Waals surface area contributed by atoms with Gasteiger partial charge in [0, 0.05) is 6.54 Å². The molecule has 0 saturated carbocycles. The normalized spacial score (nSPS) is 18.6. The summed E-state index contributed by atoms with van der Waals surface area (Å²) in [5, 5.41) is 0. The number of ether oxygens (including phenoxy) is 1. The summed E-state index contributed by atoms with van der Waals surface area (Å²) >= 11 is 0. The van der Waals surface area contributed by atoms with Crippen LogP contribution in [0.15, 0.2) is 30.3 Å². The molecule has 1 saturated heterocycles. The number of nitrogens with one attached hydrogen (secondary N) is 1. The third-order valence-electron chi connectivity index (χ3n) is 3.13. The summed E-state index contributed by atoms with van der Waals surface area (Å²) in [6.07, 6.45) is 2.54. The molecule has 1 atom stereocenters. The Labute approximate surface area is 119 Å². The largest absolute Gasteiger partial charge is 0.445 e. The second kappa shape index (κ2) is 7.99. The summed E-state index contributed by atoms with van der Waals surface area (Å²) in [4.78, 5) is 13.6. The molecule has 1 aliphatic rings. The number of carbonyl (C=O) groups is 1. The molecule has 0 bridgehead atoms. The third kappa shape index (κ3) is 4.38. The van der Waals surface area contributed by atoms with Crippen LogP contribution in [0.1, 0.15) is 24.8 Å². The Bertz CT molecular complexity index is 389. The van der Waals surface area contributed by atoms with Gasteiger partial charge in [-0.1, -0.05) is 30.3 Å². The summed E-state index contributed by atoms with van der Waals surface area (Å²) in [5.74, 6) is 5.44. The molecule has 0 aromatic heterocycles. The number of carbonyl (C=O) groups excluding carboxylic acids is 1. The summed E-state index contributed by atoms with van der Waals surface area (Å²) in [7, 11) is 0. The van der Waals surface area contributed by atoms with E-state index in [0.717, 1.165) is 24.8 Å². The second-order valence-corrected chi connectivity index (χ2v) is 4.41. The number of nitrogens with two attached hydrogens (primary N) is 1.